The Bertz CT molecular complexity index is 394. The number of methoxy groups -OCH3 is 1. The maximum absolute atomic E-state index is 11.1. The first-order valence-electron chi connectivity index (χ1n) is 4.75. The highest BCUT2D eigenvalue weighted by molar-refractivity contribution is 7.71. The summed E-state index contributed by atoms with van der Waals surface area (Å²) in [7, 11) is 1.36. The zero-order chi connectivity index (χ0) is 11.4. The van der Waals surface area contributed by atoms with E-state index in [1.54, 1.807) is 4.57 Å². The van der Waals surface area contributed by atoms with E-state index in [-0.39, 0.29) is 12.5 Å². The maximum atomic E-state index is 11.1. The fraction of sp³-hybridized carbons (Fsp3) is 0.667. The quantitative estimate of drug-likeness (QED) is 0.624. The summed E-state index contributed by atoms with van der Waals surface area (Å²) in [5.74, 6) is 0.935. The monoisotopic (exact) mass is 229 g/mol. The lowest BCUT2D eigenvalue weighted by atomic mass is 10.1. The number of esters is 1. The second kappa shape index (κ2) is 5.06. The fourth-order valence-corrected chi connectivity index (χ4v) is 1.44. The van der Waals surface area contributed by atoms with Crippen molar-refractivity contribution >= 4 is 18.2 Å². The molecule has 0 bridgehead atoms. The Hall–Kier alpha value is -1.17. The third-order valence-electron chi connectivity index (χ3n) is 1.94. The van der Waals surface area contributed by atoms with Crippen molar-refractivity contribution in [2.45, 2.75) is 26.8 Å². The average Bonchev–Trinajstić information content (AvgIpc) is 2.49. The van der Waals surface area contributed by atoms with Gasteiger partial charge in [-0.2, -0.15) is 5.10 Å². The van der Waals surface area contributed by atoms with E-state index in [1.165, 1.54) is 7.11 Å². The van der Waals surface area contributed by atoms with Gasteiger partial charge < -0.3 is 4.74 Å². The lowest BCUT2D eigenvalue weighted by Crippen LogP contribution is -2.15. The van der Waals surface area contributed by atoms with Crippen LogP contribution in [0.2, 0.25) is 0 Å². The summed E-state index contributed by atoms with van der Waals surface area (Å²) < 4.78 is 6.71. The summed E-state index contributed by atoms with van der Waals surface area (Å²) in [6, 6.07) is 0. The van der Waals surface area contributed by atoms with E-state index in [2.05, 4.69) is 28.8 Å². The molecule has 6 heteroatoms. The largest absolute Gasteiger partial charge is 0.468 e. The van der Waals surface area contributed by atoms with E-state index in [9.17, 15) is 4.79 Å². The summed E-state index contributed by atoms with van der Waals surface area (Å²) >= 11 is 5.03. The van der Waals surface area contributed by atoms with Gasteiger partial charge in [0.05, 0.1) is 7.11 Å². The number of carbonyl (C=O) groups excluding carboxylic acids is 1. The number of hydrogen-bond acceptors (Lipinski definition) is 4. The predicted molar refractivity (Wildman–Crippen MR) is 58.0 cm³/mol. The number of aromatic nitrogens is 3. The van der Waals surface area contributed by atoms with Gasteiger partial charge in [-0.3, -0.25) is 14.5 Å². The van der Waals surface area contributed by atoms with E-state index in [4.69, 9.17) is 12.2 Å². The molecule has 0 aliphatic carbocycles. The first kappa shape index (κ1) is 11.9. The van der Waals surface area contributed by atoms with Gasteiger partial charge >= 0.3 is 5.97 Å². The predicted octanol–water partition coefficient (Wildman–Crippen LogP) is 1.31. The van der Waals surface area contributed by atoms with E-state index in [0.29, 0.717) is 10.7 Å². The molecule has 1 N–H and O–H groups in total. The van der Waals surface area contributed by atoms with Gasteiger partial charge in [0.25, 0.3) is 0 Å². The van der Waals surface area contributed by atoms with Gasteiger partial charge in [0, 0.05) is 6.42 Å². The van der Waals surface area contributed by atoms with Gasteiger partial charge in [-0.15, -0.1) is 0 Å². The Morgan fingerprint density at radius 2 is 2.33 bits per heavy atom. The van der Waals surface area contributed by atoms with E-state index in [0.717, 1.165) is 12.2 Å². The van der Waals surface area contributed by atoms with Crippen molar-refractivity contribution in [3.8, 4) is 0 Å². The molecule has 0 spiro atoms. The number of carbonyl (C=O) groups is 1. The number of nitrogens with one attached hydrogen (secondary N) is 1. The molecular formula is C9H15N3O2S. The Morgan fingerprint density at radius 3 is 2.87 bits per heavy atom. The smallest absolute Gasteiger partial charge is 0.325 e. The van der Waals surface area contributed by atoms with Crippen LogP contribution in [0.4, 0.5) is 0 Å². The van der Waals surface area contributed by atoms with Gasteiger partial charge in [-0.25, -0.2) is 0 Å². The van der Waals surface area contributed by atoms with Crippen LogP contribution in [0.5, 0.6) is 0 Å². The lowest BCUT2D eigenvalue weighted by molar-refractivity contribution is -0.141. The molecule has 0 aliphatic heterocycles. The van der Waals surface area contributed by atoms with Crippen molar-refractivity contribution in [3.63, 3.8) is 0 Å². The second-order valence-corrected chi connectivity index (χ2v) is 4.09. The van der Waals surface area contributed by atoms with Crippen molar-refractivity contribution in [1.29, 1.82) is 0 Å². The molecule has 0 aliphatic rings. The minimum atomic E-state index is -0.322. The van der Waals surface area contributed by atoms with Gasteiger partial charge in [-0.1, -0.05) is 13.8 Å². The Labute approximate surface area is 93.4 Å². The molecule has 0 amide bonds. The Kier molecular flexibility index (Phi) is 4.02. The minimum Gasteiger partial charge on any atom is -0.468 e. The molecule has 1 aromatic rings. The third kappa shape index (κ3) is 3.16. The Balaban J connectivity index is 2.89. The number of H-pyrrole nitrogens is 1. The third-order valence-corrected chi connectivity index (χ3v) is 2.25. The van der Waals surface area contributed by atoms with Crippen molar-refractivity contribution in [2.75, 3.05) is 7.11 Å². The number of hydrogen-bond donors (Lipinski definition) is 1. The van der Waals surface area contributed by atoms with Crippen LogP contribution in [0.25, 0.3) is 0 Å². The molecule has 0 unspecified atom stereocenters. The highest BCUT2D eigenvalue weighted by Crippen LogP contribution is 2.06. The SMILES string of the molecule is COC(=O)Cn1c(CC(C)C)n[nH]c1=S. The fourth-order valence-electron chi connectivity index (χ4n) is 1.23. The number of rotatable bonds is 4. The molecular weight excluding hydrogens is 214 g/mol. The van der Waals surface area contributed by atoms with Crippen LogP contribution in [-0.4, -0.2) is 27.8 Å². The van der Waals surface area contributed by atoms with E-state index < -0.39 is 0 Å². The summed E-state index contributed by atoms with van der Waals surface area (Å²) in [6.45, 7) is 4.29. The molecule has 0 fully saturated rings. The number of nitrogens with zero attached hydrogens (tertiary/aromatic N) is 2. The van der Waals surface area contributed by atoms with E-state index in [1.807, 2.05) is 0 Å². The van der Waals surface area contributed by atoms with Crippen LogP contribution in [0.3, 0.4) is 0 Å². The van der Waals surface area contributed by atoms with Crippen molar-refractivity contribution < 1.29 is 9.53 Å². The number of aromatic amines is 1. The zero-order valence-corrected chi connectivity index (χ0v) is 9.93. The second-order valence-electron chi connectivity index (χ2n) is 3.71. The van der Waals surface area contributed by atoms with Gasteiger partial charge in [0.2, 0.25) is 0 Å². The molecule has 84 valence electrons. The van der Waals surface area contributed by atoms with Gasteiger partial charge in [0.1, 0.15) is 12.4 Å². The van der Waals surface area contributed by atoms with Crippen LogP contribution < -0.4 is 0 Å². The van der Waals surface area contributed by atoms with Gasteiger partial charge in [-0.05, 0) is 18.1 Å². The van der Waals surface area contributed by atoms with Crippen molar-refractivity contribution in [1.82, 2.24) is 14.8 Å². The van der Waals surface area contributed by atoms with Crippen LogP contribution in [-0.2, 0) is 22.5 Å². The molecule has 1 heterocycles. The normalized spacial score (nSPS) is 10.7. The van der Waals surface area contributed by atoms with Gasteiger partial charge in [0.15, 0.2) is 4.77 Å². The molecule has 0 saturated heterocycles. The Morgan fingerprint density at radius 1 is 1.67 bits per heavy atom. The van der Waals surface area contributed by atoms with Crippen LogP contribution in [0.1, 0.15) is 19.7 Å². The molecule has 0 aromatic carbocycles. The highest BCUT2D eigenvalue weighted by Gasteiger charge is 2.11. The maximum Gasteiger partial charge on any atom is 0.325 e. The average molecular weight is 229 g/mol. The summed E-state index contributed by atoms with van der Waals surface area (Å²) in [6.07, 6.45) is 0.782. The molecule has 1 rings (SSSR count). The molecule has 1 aromatic heterocycles. The summed E-state index contributed by atoms with van der Waals surface area (Å²) in [5, 5.41) is 6.76. The number of ether oxygens (including phenoxy) is 1. The topological polar surface area (TPSA) is 59.9 Å². The van der Waals surface area contributed by atoms with Crippen molar-refractivity contribution in [2.24, 2.45) is 5.92 Å². The zero-order valence-electron chi connectivity index (χ0n) is 9.11. The molecule has 5 nitrogen and oxygen atoms in total. The van der Waals surface area contributed by atoms with Crippen LogP contribution in [0, 0.1) is 10.7 Å². The minimum absolute atomic E-state index is 0.119. The molecule has 0 radical (unpaired) electrons. The van der Waals surface area contributed by atoms with Crippen molar-refractivity contribution in [3.05, 3.63) is 10.6 Å². The summed E-state index contributed by atoms with van der Waals surface area (Å²) in [5.41, 5.74) is 0. The molecule has 0 atom stereocenters. The first-order chi connectivity index (χ1) is 7.04. The van der Waals surface area contributed by atoms with Crippen LogP contribution in [0.15, 0.2) is 0 Å². The van der Waals surface area contributed by atoms with Crippen LogP contribution >= 0.6 is 12.2 Å². The molecule has 0 saturated carbocycles. The lowest BCUT2D eigenvalue weighted by Gasteiger charge is -2.06. The highest BCUT2D eigenvalue weighted by atomic mass is 32.1. The molecule has 15 heavy (non-hydrogen) atoms. The standard InChI is InChI=1S/C9H15N3O2S/c1-6(2)4-7-10-11-9(15)12(7)5-8(13)14-3/h6H,4-5H2,1-3H3,(H,11,15). The van der Waals surface area contributed by atoms with E-state index >= 15 is 0 Å². The summed E-state index contributed by atoms with van der Waals surface area (Å²) in [4.78, 5) is 11.1. The first-order valence-corrected chi connectivity index (χ1v) is 5.16.